The Hall–Kier alpha value is -4.04. The molecular weight excluding hydrogens is 480 g/mol. The maximum absolute atomic E-state index is 12.6. The second kappa shape index (κ2) is 13.5. The Morgan fingerprint density at radius 1 is 0.816 bits per heavy atom. The number of rotatable bonds is 13. The van der Waals surface area contributed by atoms with Crippen LogP contribution in [0.1, 0.15) is 31.0 Å². The van der Waals surface area contributed by atoms with Gasteiger partial charge in [0, 0.05) is 31.4 Å². The molecule has 1 saturated heterocycles. The van der Waals surface area contributed by atoms with E-state index in [1.54, 1.807) is 6.20 Å². The molecule has 1 aromatic heterocycles. The molecule has 0 unspecified atom stereocenters. The molecule has 1 aliphatic rings. The minimum Gasteiger partial charge on any atom is -0.354 e. The average molecular weight is 515 g/mol. The van der Waals surface area contributed by atoms with Gasteiger partial charge in [-0.1, -0.05) is 74.0 Å². The zero-order valence-corrected chi connectivity index (χ0v) is 21.6. The number of amides is 3. The van der Waals surface area contributed by atoms with Crippen molar-refractivity contribution in [1.29, 1.82) is 0 Å². The molecule has 0 spiro atoms. The van der Waals surface area contributed by atoms with Crippen molar-refractivity contribution in [2.24, 2.45) is 0 Å². The first-order chi connectivity index (χ1) is 18.5. The van der Waals surface area contributed by atoms with Crippen LogP contribution < -0.4 is 16.0 Å². The zero-order chi connectivity index (χ0) is 26.7. The van der Waals surface area contributed by atoms with Gasteiger partial charge in [0.25, 0.3) is 11.8 Å². The lowest BCUT2D eigenvalue weighted by molar-refractivity contribution is -0.129. The zero-order valence-electron chi connectivity index (χ0n) is 21.6. The molecule has 4 rings (SSSR count). The van der Waals surface area contributed by atoms with Crippen LogP contribution >= 0.6 is 0 Å². The molecule has 0 bridgehead atoms. The molecular formula is C30H34N4O4. The Balaban J connectivity index is 1.17. The fourth-order valence-corrected chi connectivity index (χ4v) is 4.23. The fourth-order valence-electron chi connectivity index (χ4n) is 4.23. The van der Waals surface area contributed by atoms with Crippen LogP contribution in [0.4, 0.5) is 0 Å². The van der Waals surface area contributed by atoms with Gasteiger partial charge in [0.05, 0.1) is 0 Å². The highest BCUT2D eigenvalue weighted by Gasteiger charge is 2.50. The Bertz CT molecular complexity index is 1200. The molecule has 2 aromatic carbocycles. The Morgan fingerprint density at radius 3 is 2.21 bits per heavy atom. The number of carbonyl (C=O) groups is 3. The second-order valence-corrected chi connectivity index (χ2v) is 9.29. The SMILES string of the molecule is CCC[C@H](NC(=O)[C@@H]1O[C@H]1C(=O)NCCc1ccc(-c2ccccc2)cc1)C(=O)NCCc1ccccn1. The first kappa shape index (κ1) is 27.0. The molecule has 0 saturated carbocycles. The van der Waals surface area contributed by atoms with Crippen LogP contribution in [0.25, 0.3) is 11.1 Å². The highest BCUT2D eigenvalue weighted by Crippen LogP contribution is 2.23. The second-order valence-electron chi connectivity index (χ2n) is 9.29. The van der Waals surface area contributed by atoms with E-state index in [1.807, 2.05) is 55.5 Å². The number of carbonyl (C=O) groups excluding carboxylic acids is 3. The van der Waals surface area contributed by atoms with E-state index in [4.69, 9.17) is 4.74 Å². The number of hydrogen-bond acceptors (Lipinski definition) is 5. The third kappa shape index (κ3) is 7.73. The van der Waals surface area contributed by atoms with Crippen molar-refractivity contribution in [3.63, 3.8) is 0 Å². The van der Waals surface area contributed by atoms with Crippen LogP contribution in [0, 0.1) is 0 Å². The monoisotopic (exact) mass is 514 g/mol. The molecule has 1 fully saturated rings. The van der Waals surface area contributed by atoms with E-state index < -0.39 is 24.2 Å². The van der Waals surface area contributed by atoms with Crippen LogP contribution in [-0.2, 0) is 32.0 Å². The number of aromatic nitrogens is 1. The minimum atomic E-state index is -0.874. The smallest absolute Gasteiger partial charge is 0.253 e. The molecule has 3 N–H and O–H groups in total. The number of ether oxygens (including phenoxy) is 1. The lowest BCUT2D eigenvalue weighted by atomic mass is 10.0. The topological polar surface area (TPSA) is 113 Å². The van der Waals surface area contributed by atoms with E-state index in [0.717, 1.165) is 28.8 Å². The summed E-state index contributed by atoms with van der Waals surface area (Å²) in [5, 5.41) is 8.44. The van der Waals surface area contributed by atoms with Gasteiger partial charge in [-0.25, -0.2) is 0 Å². The molecule has 1 aliphatic heterocycles. The van der Waals surface area contributed by atoms with Gasteiger partial charge in [-0.3, -0.25) is 19.4 Å². The molecule has 3 atom stereocenters. The van der Waals surface area contributed by atoms with Crippen LogP contribution in [0.5, 0.6) is 0 Å². The standard InChI is InChI=1S/C30H34N4O4/c1-2-8-25(28(35)32-20-17-24-11-6-7-18-31-24)34-30(37)27-26(38-27)29(36)33-19-16-21-12-14-23(15-13-21)22-9-4-3-5-10-22/h3-7,9-15,18,25-27H,2,8,16-17,19-20H2,1H3,(H,32,35)(H,33,36)(H,34,37)/t25-,26+,27+/m0/s1. The van der Waals surface area contributed by atoms with Gasteiger partial charge in [0.15, 0.2) is 12.2 Å². The molecule has 0 aliphatic carbocycles. The lowest BCUT2D eigenvalue weighted by Gasteiger charge is -2.17. The molecule has 8 nitrogen and oxygen atoms in total. The number of hydrogen-bond donors (Lipinski definition) is 3. The highest BCUT2D eigenvalue weighted by molar-refractivity contribution is 5.97. The van der Waals surface area contributed by atoms with Gasteiger partial charge < -0.3 is 20.7 Å². The Labute approximate surface area is 223 Å². The molecule has 8 heteroatoms. The van der Waals surface area contributed by atoms with Crippen molar-refractivity contribution < 1.29 is 19.1 Å². The first-order valence-corrected chi connectivity index (χ1v) is 13.1. The fraction of sp³-hybridized carbons (Fsp3) is 0.333. The maximum atomic E-state index is 12.6. The van der Waals surface area contributed by atoms with Crippen molar-refractivity contribution in [2.45, 2.75) is 50.9 Å². The van der Waals surface area contributed by atoms with Gasteiger partial charge in [-0.05, 0) is 41.7 Å². The van der Waals surface area contributed by atoms with Crippen molar-refractivity contribution in [3.8, 4) is 11.1 Å². The summed E-state index contributed by atoms with van der Waals surface area (Å²) in [5.41, 5.74) is 4.29. The quantitative estimate of drug-likeness (QED) is 0.304. The summed E-state index contributed by atoms with van der Waals surface area (Å²) >= 11 is 0. The van der Waals surface area contributed by atoms with Gasteiger partial charge in [0.2, 0.25) is 5.91 Å². The number of epoxide rings is 1. The molecule has 2 heterocycles. The van der Waals surface area contributed by atoms with Crippen LogP contribution in [0.2, 0.25) is 0 Å². The van der Waals surface area contributed by atoms with Crippen molar-refractivity contribution >= 4 is 17.7 Å². The van der Waals surface area contributed by atoms with E-state index in [1.165, 1.54) is 0 Å². The molecule has 3 aromatic rings. The third-order valence-electron chi connectivity index (χ3n) is 6.40. The van der Waals surface area contributed by atoms with E-state index in [0.29, 0.717) is 32.4 Å². The predicted octanol–water partition coefficient (Wildman–Crippen LogP) is 2.82. The van der Waals surface area contributed by atoms with Crippen molar-refractivity contribution in [1.82, 2.24) is 20.9 Å². The summed E-state index contributed by atoms with van der Waals surface area (Å²) in [6.07, 6.45) is 2.49. The predicted molar refractivity (Wildman–Crippen MR) is 145 cm³/mol. The molecule has 3 amide bonds. The summed E-state index contributed by atoms with van der Waals surface area (Å²) in [4.78, 5) is 42.0. The Morgan fingerprint density at radius 2 is 1.50 bits per heavy atom. The highest BCUT2D eigenvalue weighted by atomic mass is 16.6. The normalized spacial score (nSPS) is 16.8. The minimum absolute atomic E-state index is 0.254. The van der Waals surface area contributed by atoms with E-state index >= 15 is 0 Å². The van der Waals surface area contributed by atoms with E-state index in [-0.39, 0.29) is 11.8 Å². The summed E-state index contributed by atoms with van der Waals surface area (Å²) < 4.78 is 5.34. The van der Waals surface area contributed by atoms with Gasteiger partial charge >= 0.3 is 0 Å². The van der Waals surface area contributed by atoms with Crippen LogP contribution in [0.15, 0.2) is 79.0 Å². The Kier molecular flexibility index (Phi) is 9.59. The summed E-state index contributed by atoms with van der Waals surface area (Å²) in [6, 6.07) is 23.3. The van der Waals surface area contributed by atoms with E-state index in [2.05, 4.69) is 45.2 Å². The van der Waals surface area contributed by atoms with Gasteiger partial charge in [-0.2, -0.15) is 0 Å². The number of nitrogens with one attached hydrogen (secondary N) is 3. The van der Waals surface area contributed by atoms with Crippen molar-refractivity contribution in [3.05, 3.63) is 90.3 Å². The number of pyridine rings is 1. The van der Waals surface area contributed by atoms with Crippen molar-refractivity contribution in [2.75, 3.05) is 13.1 Å². The third-order valence-corrected chi connectivity index (χ3v) is 6.40. The van der Waals surface area contributed by atoms with E-state index in [9.17, 15) is 14.4 Å². The van der Waals surface area contributed by atoms with Gasteiger partial charge in [-0.15, -0.1) is 0 Å². The molecule has 198 valence electrons. The summed E-state index contributed by atoms with van der Waals surface area (Å²) in [7, 11) is 0. The number of benzene rings is 2. The average Bonchev–Trinajstić information content (AvgIpc) is 3.76. The van der Waals surface area contributed by atoms with Crippen LogP contribution in [0.3, 0.4) is 0 Å². The molecule has 38 heavy (non-hydrogen) atoms. The summed E-state index contributed by atoms with van der Waals surface area (Å²) in [6.45, 7) is 2.81. The maximum Gasteiger partial charge on any atom is 0.253 e. The van der Waals surface area contributed by atoms with Crippen LogP contribution in [-0.4, -0.2) is 54.0 Å². The molecule has 0 radical (unpaired) electrons. The number of nitrogens with zero attached hydrogens (tertiary/aromatic N) is 1. The lowest BCUT2D eigenvalue weighted by Crippen LogP contribution is -2.49. The largest absolute Gasteiger partial charge is 0.354 e. The first-order valence-electron chi connectivity index (χ1n) is 13.1. The summed E-state index contributed by atoms with van der Waals surface area (Å²) in [5.74, 6) is -1.02. The van der Waals surface area contributed by atoms with Gasteiger partial charge in [0.1, 0.15) is 6.04 Å².